The number of aryl methyl sites for hydroxylation is 2. The highest BCUT2D eigenvalue weighted by atomic mass is 32.2. The van der Waals surface area contributed by atoms with Crippen molar-refractivity contribution in [1.82, 2.24) is 20.3 Å². The fraction of sp³-hybridized carbons (Fsp3) is 0.440. The second-order valence-electron chi connectivity index (χ2n) is 9.14. The van der Waals surface area contributed by atoms with E-state index >= 15 is 0 Å². The Morgan fingerprint density at radius 1 is 1.11 bits per heavy atom. The van der Waals surface area contributed by atoms with Gasteiger partial charge in [0.05, 0.1) is 10.9 Å². The van der Waals surface area contributed by atoms with Gasteiger partial charge in [-0.2, -0.15) is 4.72 Å². The molecular formula is C25H32N4O5S. The van der Waals surface area contributed by atoms with Crippen molar-refractivity contribution in [2.75, 3.05) is 6.54 Å². The van der Waals surface area contributed by atoms with Crippen LogP contribution in [0.3, 0.4) is 0 Å². The number of aromatic nitrogens is 1. The number of carbonyl (C=O) groups is 3. The van der Waals surface area contributed by atoms with Crippen molar-refractivity contribution in [2.45, 2.75) is 62.9 Å². The van der Waals surface area contributed by atoms with E-state index in [0.29, 0.717) is 19.4 Å². The molecule has 3 N–H and O–H groups in total. The predicted octanol–water partition coefficient (Wildman–Crippen LogP) is 1.52. The zero-order chi connectivity index (χ0) is 25.4. The summed E-state index contributed by atoms with van der Waals surface area (Å²) in [6.07, 6.45) is 5.69. The van der Waals surface area contributed by atoms with Crippen molar-refractivity contribution in [2.24, 2.45) is 5.92 Å². The first-order valence-corrected chi connectivity index (χ1v) is 13.3. The summed E-state index contributed by atoms with van der Waals surface area (Å²) in [4.78, 5) is 42.9. The molecule has 3 rings (SSSR count). The smallest absolute Gasteiger partial charge is 0.289 e. The Morgan fingerprint density at radius 2 is 1.80 bits per heavy atom. The fourth-order valence-electron chi connectivity index (χ4n) is 3.94. The lowest BCUT2D eigenvalue weighted by molar-refractivity contribution is -0.140. The predicted molar refractivity (Wildman–Crippen MR) is 131 cm³/mol. The van der Waals surface area contributed by atoms with E-state index in [9.17, 15) is 22.8 Å². The van der Waals surface area contributed by atoms with Gasteiger partial charge in [0.1, 0.15) is 6.04 Å². The molecule has 2 unspecified atom stereocenters. The topological polar surface area (TPSA) is 134 Å². The maximum absolute atomic E-state index is 13.2. The highest BCUT2D eigenvalue weighted by molar-refractivity contribution is 7.89. The number of carbonyl (C=O) groups excluding carboxylic acids is 3. The van der Waals surface area contributed by atoms with Gasteiger partial charge in [-0.3, -0.25) is 19.4 Å². The lowest BCUT2D eigenvalue weighted by atomic mass is 9.99. The zero-order valence-electron chi connectivity index (χ0n) is 20.0. The van der Waals surface area contributed by atoms with Crippen LogP contribution in [0.1, 0.15) is 44.2 Å². The Bertz CT molecular complexity index is 1150. The second kappa shape index (κ2) is 12.0. The molecule has 2 heterocycles. The largest absolute Gasteiger partial charge is 0.349 e. The third-order valence-electron chi connectivity index (χ3n) is 5.73. The number of sulfonamides is 1. The monoisotopic (exact) mass is 500 g/mol. The van der Waals surface area contributed by atoms with E-state index in [1.54, 1.807) is 30.6 Å². The van der Waals surface area contributed by atoms with Crippen LogP contribution in [-0.4, -0.2) is 49.6 Å². The van der Waals surface area contributed by atoms with Crippen molar-refractivity contribution in [3.63, 3.8) is 0 Å². The maximum atomic E-state index is 13.2. The van der Waals surface area contributed by atoms with E-state index < -0.39 is 39.7 Å². The molecule has 0 fully saturated rings. The lowest BCUT2D eigenvalue weighted by Crippen LogP contribution is -2.54. The number of nitrogens with one attached hydrogen (secondary N) is 3. The molecule has 0 aliphatic carbocycles. The Balaban J connectivity index is 1.80. The molecule has 2 atom stereocenters. The van der Waals surface area contributed by atoms with Crippen LogP contribution in [0, 0.1) is 5.92 Å². The number of ketones is 1. The summed E-state index contributed by atoms with van der Waals surface area (Å²) in [5.41, 5.74) is 1.94. The molecule has 2 aromatic rings. The van der Waals surface area contributed by atoms with Gasteiger partial charge in [-0.05, 0) is 61.3 Å². The molecule has 1 aromatic carbocycles. The summed E-state index contributed by atoms with van der Waals surface area (Å²) < 4.78 is 28.2. The van der Waals surface area contributed by atoms with Gasteiger partial charge in [0.15, 0.2) is 0 Å². The number of hydrogen-bond acceptors (Lipinski definition) is 6. The minimum absolute atomic E-state index is 0.00616. The Kier molecular flexibility index (Phi) is 9.11. The van der Waals surface area contributed by atoms with Crippen molar-refractivity contribution < 1.29 is 22.8 Å². The first kappa shape index (κ1) is 26.5. The van der Waals surface area contributed by atoms with Gasteiger partial charge in [0.2, 0.25) is 21.7 Å². The Hall–Kier alpha value is -3.11. The quantitative estimate of drug-likeness (QED) is 0.494. The first-order valence-electron chi connectivity index (χ1n) is 11.8. The number of amides is 2. The molecule has 0 saturated heterocycles. The summed E-state index contributed by atoms with van der Waals surface area (Å²) in [5, 5.41) is 5.25. The average Bonchev–Trinajstić information content (AvgIpc) is 2.83. The van der Waals surface area contributed by atoms with E-state index in [4.69, 9.17) is 0 Å². The molecule has 9 nitrogen and oxygen atoms in total. The highest BCUT2D eigenvalue weighted by Gasteiger charge is 2.32. The molecule has 0 spiro atoms. The van der Waals surface area contributed by atoms with E-state index in [0.717, 1.165) is 17.5 Å². The van der Waals surface area contributed by atoms with Gasteiger partial charge in [0, 0.05) is 18.9 Å². The van der Waals surface area contributed by atoms with Crippen molar-refractivity contribution in [1.29, 1.82) is 0 Å². The summed E-state index contributed by atoms with van der Waals surface area (Å²) in [6, 6.07) is 7.57. The van der Waals surface area contributed by atoms with Gasteiger partial charge >= 0.3 is 0 Å². The van der Waals surface area contributed by atoms with Crippen LogP contribution in [0.4, 0.5) is 0 Å². The van der Waals surface area contributed by atoms with Gasteiger partial charge in [0.25, 0.3) is 5.91 Å². The minimum Gasteiger partial charge on any atom is -0.349 e. The first-order chi connectivity index (χ1) is 16.7. The number of hydrogen-bond donors (Lipinski definition) is 3. The van der Waals surface area contributed by atoms with Gasteiger partial charge in [-0.1, -0.05) is 38.1 Å². The van der Waals surface area contributed by atoms with Crippen LogP contribution in [-0.2, 0) is 37.2 Å². The van der Waals surface area contributed by atoms with Gasteiger partial charge in [-0.15, -0.1) is 0 Å². The number of Topliss-reactive ketones (excluding diaryl/α,β-unsaturated/α-hetero) is 1. The summed E-state index contributed by atoms with van der Waals surface area (Å²) >= 11 is 0. The molecule has 2 bridgehead atoms. The third kappa shape index (κ3) is 7.69. The summed E-state index contributed by atoms with van der Waals surface area (Å²) in [6.45, 7) is 4.06. The standard InChI is InChI=1S/C25H32N4O5S/c1-17(2)13-22(29-35(33,34)20-8-4-3-5-9-20)24(31)28-21-11-10-19-14-18(15-26-16-19)7-6-12-27-25(32)23(21)30/h3-5,8-9,14-17,21-22,29H,6-7,10-13H2,1-2H3,(H,27,32)(H,28,31). The van der Waals surface area contributed by atoms with Crippen LogP contribution >= 0.6 is 0 Å². The van der Waals surface area contributed by atoms with Crippen molar-refractivity contribution >= 4 is 27.6 Å². The zero-order valence-corrected chi connectivity index (χ0v) is 20.8. The lowest BCUT2D eigenvalue weighted by Gasteiger charge is -2.24. The number of nitrogens with zero attached hydrogens (tertiary/aromatic N) is 1. The van der Waals surface area contributed by atoms with E-state index in [2.05, 4.69) is 20.3 Å². The summed E-state index contributed by atoms with van der Waals surface area (Å²) in [7, 11) is -3.97. The van der Waals surface area contributed by atoms with Crippen LogP contribution in [0.2, 0.25) is 0 Å². The fourth-order valence-corrected chi connectivity index (χ4v) is 5.17. The molecule has 188 valence electrons. The van der Waals surface area contributed by atoms with Crippen LogP contribution in [0.25, 0.3) is 0 Å². The number of rotatable bonds is 7. The maximum Gasteiger partial charge on any atom is 0.289 e. The third-order valence-corrected chi connectivity index (χ3v) is 7.22. The molecule has 1 aliphatic rings. The SMILES string of the molecule is CC(C)CC(NS(=O)(=O)c1ccccc1)C(=O)NC1CCc2cncc(c2)CCCNC(=O)C1=O. The molecular weight excluding hydrogens is 468 g/mol. The number of pyridine rings is 1. The summed E-state index contributed by atoms with van der Waals surface area (Å²) in [5.74, 6) is -2.17. The second-order valence-corrected chi connectivity index (χ2v) is 10.9. The van der Waals surface area contributed by atoms with E-state index in [1.807, 2.05) is 19.9 Å². The van der Waals surface area contributed by atoms with E-state index in [1.165, 1.54) is 12.1 Å². The highest BCUT2D eigenvalue weighted by Crippen LogP contribution is 2.14. The van der Waals surface area contributed by atoms with Crippen LogP contribution in [0.15, 0.2) is 53.7 Å². The Morgan fingerprint density at radius 3 is 2.49 bits per heavy atom. The van der Waals surface area contributed by atoms with E-state index in [-0.39, 0.29) is 23.7 Å². The van der Waals surface area contributed by atoms with Crippen LogP contribution in [0.5, 0.6) is 0 Å². The average molecular weight is 501 g/mol. The number of benzene rings is 1. The number of fused-ring (bicyclic) bond motifs is 2. The Labute approximate surface area is 206 Å². The van der Waals surface area contributed by atoms with Crippen molar-refractivity contribution in [3.05, 3.63) is 59.9 Å². The molecule has 35 heavy (non-hydrogen) atoms. The normalized spacial score (nSPS) is 18.2. The van der Waals surface area contributed by atoms with Gasteiger partial charge < -0.3 is 10.6 Å². The molecule has 1 aromatic heterocycles. The van der Waals surface area contributed by atoms with Crippen LogP contribution < -0.4 is 15.4 Å². The molecule has 2 amide bonds. The molecule has 0 radical (unpaired) electrons. The molecule has 0 saturated carbocycles. The van der Waals surface area contributed by atoms with Gasteiger partial charge in [-0.25, -0.2) is 8.42 Å². The molecule has 1 aliphatic heterocycles. The molecule has 10 heteroatoms. The minimum atomic E-state index is -3.97. The van der Waals surface area contributed by atoms with Crippen molar-refractivity contribution in [3.8, 4) is 0 Å².